The second kappa shape index (κ2) is 8.17. The molecule has 0 spiro atoms. The van der Waals surface area contributed by atoms with E-state index in [1.165, 1.54) is 32.4 Å². The first-order chi connectivity index (χ1) is 13.1. The van der Waals surface area contributed by atoms with Gasteiger partial charge in [0.2, 0.25) is 0 Å². The Hall–Kier alpha value is -1.63. The number of nitrogens with zero attached hydrogens (tertiary/aromatic N) is 4. The lowest BCUT2D eigenvalue weighted by molar-refractivity contribution is -0.0578. The molecule has 1 atom stereocenters. The SMILES string of the molecule is CC1CCN(C2COC2)C1.Nc1ncc(-c2ccn(CC3CC3)n2)cc1Cl. The van der Waals surface area contributed by atoms with Crippen molar-refractivity contribution in [1.29, 1.82) is 0 Å². The standard InChI is InChI=1S/C12H13ClN4.C8H15NO/c13-10-5-9(6-15-12(10)14)11-3-4-17(16-11)7-8-1-2-8;1-7-2-3-9(4-7)8-5-10-6-8/h3-6,8H,1-2,7H2,(H2,14,15);7-8H,2-6H2,1H3. The number of halogens is 1. The molecule has 27 heavy (non-hydrogen) atoms. The van der Waals surface area contributed by atoms with Gasteiger partial charge in [-0.15, -0.1) is 0 Å². The number of nitrogens with two attached hydrogens (primary N) is 1. The van der Waals surface area contributed by atoms with Crippen molar-refractivity contribution < 1.29 is 4.74 Å². The molecule has 7 heteroatoms. The molecule has 3 aliphatic rings. The van der Waals surface area contributed by atoms with E-state index < -0.39 is 0 Å². The second-order valence-electron chi connectivity index (χ2n) is 8.04. The summed E-state index contributed by atoms with van der Waals surface area (Å²) in [5.74, 6) is 2.09. The van der Waals surface area contributed by atoms with Gasteiger partial charge in [-0.05, 0) is 49.8 Å². The van der Waals surface area contributed by atoms with E-state index in [-0.39, 0.29) is 0 Å². The summed E-state index contributed by atoms with van der Waals surface area (Å²) < 4.78 is 7.12. The highest BCUT2D eigenvalue weighted by Crippen LogP contribution is 2.31. The van der Waals surface area contributed by atoms with E-state index in [9.17, 15) is 0 Å². The van der Waals surface area contributed by atoms with Crippen LogP contribution in [0.25, 0.3) is 11.3 Å². The summed E-state index contributed by atoms with van der Waals surface area (Å²) >= 11 is 5.94. The highest BCUT2D eigenvalue weighted by molar-refractivity contribution is 6.33. The molecule has 1 aliphatic carbocycles. The molecule has 0 amide bonds. The molecule has 2 aromatic rings. The number of aromatic nitrogens is 3. The van der Waals surface area contributed by atoms with Crippen molar-refractivity contribution in [2.45, 2.75) is 38.8 Å². The minimum absolute atomic E-state index is 0.354. The number of pyridine rings is 1. The van der Waals surface area contributed by atoms with Crippen LogP contribution in [0.15, 0.2) is 24.5 Å². The molecular weight excluding hydrogens is 362 g/mol. The van der Waals surface area contributed by atoms with E-state index in [0.717, 1.165) is 48.9 Å². The molecule has 5 rings (SSSR count). The van der Waals surface area contributed by atoms with E-state index in [4.69, 9.17) is 22.1 Å². The first kappa shape index (κ1) is 18.7. The van der Waals surface area contributed by atoms with Gasteiger partial charge in [0.1, 0.15) is 5.82 Å². The highest BCUT2D eigenvalue weighted by Gasteiger charge is 2.30. The summed E-state index contributed by atoms with van der Waals surface area (Å²) in [5.41, 5.74) is 7.37. The monoisotopic (exact) mass is 389 g/mol. The average molecular weight is 390 g/mol. The number of likely N-dealkylation sites (tertiary alicyclic amines) is 1. The molecule has 0 aromatic carbocycles. The van der Waals surface area contributed by atoms with Crippen molar-refractivity contribution in [1.82, 2.24) is 19.7 Å². The third kappa shape index (κ3) is 4.81. The normalized spacial score (nSPS) is 23.0. The Kier molecular flexibility index (Phi) is 5.66. The van der Waals surface area contributed by atoms with Crippen molar-refractivity contribution in [3.05, 3.63) is 29.5 Å². The Balaban J connectivity index is 0.000000153. The van der Waals surface area contributed by atoms with Gasteiger partial charge in [0, 0.05) is 31.0 Å². The predicted octanol–water partition coefficient (Wildman–Crippen LogP) is 3.32. The molecule has 2 aliphatic heterocycles. The van der Waals surface area contributed by atoms with Crippen LogP contribution in [0.2, 0.25) is 5.02 Å². The fourth-order valence-corrected chi connectivity index (χ4v) is 3.67. The van der Waals surface area contributed by atoms with Crippen LogP contribution in [0.5, 0.6) is 0 Å². The van der Waals surface area contributed by atoms with Gasteiger partial charge in [-0.25, -0.2) is 4.98 Å². The molecular formula is C20H28ClN5O. The third-order valence-corrected chi connectivity index (χ3v) is 5.84. The van der Waals surface area contributed by atoms with E-state index in [0.29, 0.717) is 10.8 Å². The fourth-order valence-electron chi connectivity index (χ4n) is 3.51. The summed E-state index contributed by atoms with van der Waals surface area (Å²) in [6.45, 7) is 7.90. The summed E-state index contributed by atoms with van der Waals surface area (Å²) in [6.07, 6.45) is 7.73. The number of hydrogen-bond acceptors (Lipinski definition) is 5. The molecule has 146 valence electrons. The van der Waals surface area contributed by atoms with E-state index in [1.807, 2.05) is 16.9 Å². The Labute approximate surface area is 165 Å². The molecule has 6 nitrogen and oxygen atoms in total. The maximum atomic E-state index is 5.94. The van der Waals surface area contributed by atoms with Crippen LogP contribution in [-0.2, 0) is 11.3 Å². The van der Waals surface area contributed by atoms with E-state index in [2.05, 4.69) is 21.9 Å². The van der Waals surface area contributed by atoms with Crippen LogP contribution in [0.3, 0.4) is 0 Å². The molecule has 2 N–H and O–H groups in total. The minimum Gasteiger partial charge on any atom is -0.382 e. The molecule has 1 saturated carbocycles. The lowest BCUT2D eigenvalue weighted by Gasteiger charge is -2.34. The van der Waals surface area contributed by atoms with E-state index in [1.54, 1.807) is 12.3 Å². The lowest BCUT2D eigenvalue weighted by Crippen LogP contribution is -2.47. The van der Waals surface area contributed by atoms with Crippen LogP contribution in [0, 0.1) is 11.8 Å². The van der Waals surface area contributed by atoms with Crippen LogP contribution < -0.4 is 5.73 Å². The molecule has 0 radical (unpaired) electrons. The van der Waals surface area contributed by atoms with Crippen molar-refractivity contribution in [3.8, 4) is 11.3 Å². The van der Waals surface area contributed by atoms with Crippen LogP contribution in [-0.4, -0.2) is 52.0 Å². The number of ether oxygens (including phenoxy) is 1. The molecule has 0 bridgehead atoms. The predicted molar refractivity (Wildman–Crippen MR) is 108 cm³/mol. The minimum atomic E-state index is 0.354. The van der Waals surface area contributed by atoms with Crippen LogP contribution in [0.1, 0.15) is 26.2 Å². The molecule has 2 aromatic heterocycles. The van der Waals surface area contributed by atoms with Crippen LogP contribution in [0.4, 0.5) is 5.82 Å². The highest BCUT2D eigenvalue weighted by atomic mass is 35.5. The quantitative estimate of drug-likeness (QED) is 0.868. The first-order valence-corrected chi connectivity index (χ1v) is 10.2. The summed E-state index contributed by atoms with van der Waals surface area (Å²) in [7, 11) is 0. The average Bonchev–Trinajstić information content (AvgIpc) is 3.11. The van der Waals surface area contributed by atoms with Gasteiger partial charge in [-0.1, -0.05) is 18.5 Å². The van der Waals surface area contributed by atoms with Gasteiger partial charge in [-0.3, -0.25) is 9.58 Å². The number of nitrogen functional groups attached to an aromatic ring is 1. The number of anilines is 1. The van der Waals surface area contributed by atoms with Gasteiger partial charge in [0.25, 0.3) is 0 Å². The van der Waals surface area contributed by atoms with Gasteiger partial charge >= 0.3 is 0 Å². The zero-order valence-corrected chi connectivity index (χ0v) is 16.6. The fraction of sp³-hybridized carbons (Fsp3) is 0.600. The topological polar surface area (TPSA) is 69.2 Å². The van der Waals surface area contributed by atoms with Crippen molar-refractivity contribution in [2.24, 2.45) is 11.8 Å². The van der Waals surface area contributed by atoms with Gasteiger partial charge in [-0.2, -0.15) is 5.10 Å². The first-order valence-electron chi connectivity index (χ1n) is 9.85. The van der Waals surface area contributed by atoms with E-state index >= 15 is 0 Å². The third-order valence-electron chi connectivity index (χ3n) is 5.54. The summed E-state index contributed by atoms with van der Waals surface area (Å²) in [5, 5.41) is 4.98. The van der Waals surface area contributed by atoms with Crippen LogP contribution >= 0.6 is 11.6 Å². The largest absolute Gasteiger partial charge is 0.382 e. The van der Waals surface area contributed by atoms with Gasteiger partial charge in [0.05, 0.1) is 30.0 Å². The molecule has 4 heterocycles. The Morgan fingerprint density at radius 2 is 2.11 bits per heavy atom. The molecule has 3 fully saturated rings. The molecule has 1 unspecified atom stereocenters. The molecule has 2 saturated heterocycles. The number of rotatable bonds is 4. The zero-order chi connectivity index (χ0) is 18.8. The van der Waals surface area contributed by atoms with Crippen molar-refractivity contribution in [3.63, 3.8) is 0 Å². The Bertz CT molecular complexity index is 771. The Morgan fingerprint density at radius 1 is 1.30 bits per heavy atom. The Morgan fingerprint density at radius 3 is 2.70 bits per heavy atom. The maximum absolute atomic E-state index is 5.94. The van der Waals surface area contributed by atoms with Gasteiger partial charge < -0.3 is 10.5 Å². The van der Waals surface area contributed by atoms with Crippen molar-refractivity contribution in [2.75, 3.05) is 32.0 Å². The number of hydrogen-bond donors (Lipinski definition) is 1. The van der Waals surface area contributed by atoms with Crippen molar-refractivity contribution >= 4 is 17.4 Å². The smallest absolute Gasteiger partial charge is 0.142 e. The summed E-state index contributed by atoms with van der Waals surface area (Å²) in [6, 6.07) is 4.55. The zero-order valence-electron chi connectivity index (χ0n) is 15.9. The summed E-state index contributed by atoms with van der Waals surface area (Å²) in [4.78, 5) is 6.60. The lowest BCUT2D eigenvalue weighted by atomic mass is 10.2. The maximum Gasteiger partial charge on any atom is 0.142 e. The van der Waals surface area contributed by atoms with Gasteiger partial charge in [0.15, 0.2) is 0 Å². The second-order valence-corrected chi connectivity index (χ2v) is 8.44.